The largest absolute Gasteiger partial charge is 0.350 e. The average Bonchev–Trinajstić information content (AvgIpc) is 2.92. The number of carbonyl (C=O) groups is 2. The van der Waals surface area contributed by atoms with Crippen molar-refractivity contribution in [3.63, 3.8) is 0 Å². The molecule has 1 saturated heterocycles. The first-order valence-corrected chi connectivity index (χ1v) is 16.3. The molecule has 0 saturated carbocycles. The number of amides is 2. The molecule has 3 rings (SSSR count). The molecule has 0 radical (unpaired) electrons. The maximum Gasteiger partial charge on any atom is 0.247 e. The Labute approximate surface area is 244 Å². The molecule has 1 fully saturated rings. The highest BCUT2D eigenvalue weighted by molar-refractivity contribution is 7.88. The first-order valence-electron chi connectivity index (χ1n) is 14.4. The number of allylic oxidation sites excluding steroid dienone is 1. The highest BCUT2D eigenvalue weighted by Gasteiger charge is 2.36. The number of hydroxylamine groups is 1. The standard InChI is InChI=1S/C31H45N3O6S/c1-22(2)20-28(30(35)32-34(21-23(3)4)41(5,37)38)27(31(36)33-40-29-18-8-9-19-39-29)17-11-15-25-14-10-13-24-12-6-7-16-26(24)25/h6-7,10-16,22-23,27-29H,8-9,17-21H2,1-5H3,(H,32,35)(H,33,36)/t27-,28+,29?/m0/s1. The zero-order valence-corrected chi connectivity index (χ0v) is 25.7. The van der Waals surface area contributed by atoms with E-state index in [4.69, 9.17) is 9.57 Å². The van der Waals surface area contributed by atoms with Crippen molar-refractivity contribution in [2.75, 3.05) is 19.4 Å². The number of fused-ring (bicyclic) bond motifs is 1. The van der Waals surface area contributed by atoms with Crippen LogP contribution in [0.4, 0.5) is 0 Å². The average molecular weight is 588 g/mol. The van der Waals surface area contributed by atoms with Crippen LogP contribution in [0.25, 0.3) is 16.8 Å². The summed E-state index contributed by atoms with van der Waals surface area (Å²) < 4.78 is 31.5. The predicted molar refractivity (Wildman–Crippen MR) is 161 cm³/mol. The lowest BCUT2D eigenvalue weighted by Gasteiger charge is -2.30. The van der Waals surface area contributed by atoms with Gasteiger partial charge in [-0.15, -0.1) is 4.41 Å². The molecule has 3 atom stereocenters. The summed E-state index contributed by atoms with van der Waals surface area (Å²) in [7, 11) is -3.72. The van der Waals surface area contributed by atoms with Crippen molar-refractivity contribution in [1.29, 1.82) is 0 Å². The number of ether oxygens (including phenoxy) is 1. The molecule has 2 amide bonds. The molecular formula is C31H45N3O6S. The van der Waals surface area contributed by atoms with Crippen LogP contribution in [0.1, 0.15) is 65.4 Å². The maximum absolute atomic E-state index is 13.7. The smallest absolute Gasteiger partial charge is 0.247 e. The second-order valence-corrected chi connectivity index (χ2v) is 13.5. The molecule has 9 nitrogen and oxygen atoms in total. The number of rotatable bonds is 14. The molecule has 0 spiro atoms. The SMILES string of the molecule is CC(C)C[C@@H](C(=O)NN(CC(C)C)S(C)(=O)=O)[C@H](CC=Cc1cccc2ccccc12)C(=O)NOC1CCCCO1. The lowest BCUT2D eigenvalue weighted by molar-refractivity contribution is -0.203. The van der Waals surface area contributed by atoms with Gasteiger partial charge in [-0.05, 0) is 53.9 Å². The number of carbonyl (C=O) groups excluding carboxylic acids is 2. The van der Waals surface area contributed by atoms with E-state index in [1.165, 1.54) is 0 Å². The molecule has 1 aliphatic rings. The minimum atomic E-state index is -3.72. The van der Waals surface area contributed by atoms with Crippen LogP contribution in [0.2, 0.25) is 0 Å². The van der Waals surface area contributed by atoms with Gasteiger partial charge in [0.25, 0.3) is 0 Å². The summed E-state index contributed by atoms with van der Waals surface area (Å²) in [5, 5.41) is 2.19. The van der Waals surface area contributed by atoms with Gasteiger partial charge in [0.05, 0.1) is 18.1 Å². The van der Waals surface area contributed by atoms with Gasteiger partial charge in [-0.25, -0.2) is 18.7 Å². The molecule has 1 heterocycles. The fourth-order valence-corrected chi connectivity index (χ4v) is 5.78. The Morgan fingerprint density at radius 3 is 2.41 bits per heavy atom. The Morgan fingerprint density at radius 2 is 1.76 bits per heavy atom. The molecule has 41 heavy (non-hydrogen) atoms. The van der Waals surface area contributed by atoms with E-state index >= 15 is 0 Å². The second kappa shape index (κ2) is 15.4. The Hall–Kier alpha value is -2.79. The third-order valence-corrected chi connectivity index (χ3v) is 8.03. The van der Waals surface area contributed by atoms with Crippen LogP contribution >= 0.6 is 0 Å². The van der Waals surface area contributed by atoms with E-state index in [1.807, 2.05) is 82.3 Å². The van der Waals surface area contributed by atoms with Crippen molar-refractivity contribution in [3.05, 3.63) is 54.1 Å². The summed E-state index contributed by atoms with van der Waals surface area (Å²) in [6, 6.07) is 14.1. The molecule has 10 heteroatoms. The molecule has 2 aromatic carbocycles. The van der Waals surface area contributed by atoms with Gasteiger partial charge in [-0.3, -0.25) is 15.0 Å². The number of hydrogen-bond donors (Lipinski definition) is 2. The first kappa shape index (κ1) is 32.7. The van der Waals surface area contributed by atoms with E-state index in [0.717, 1.165) is 39.8 Å². The Balaban J connectivity index is 1.88. The van der Waals surface area contributed by atoms with Crippen molar-refractivity contribution < 1.29 is 27.6 Å². The summed E-state index contributed by atoms with van der Waals surface area (Å²) in [4.78, 5) is 32.9. The van der Waals surface area contributed by atoms with Crippen molar-refractivity contribution in [2.24, 2.45) is 23.7 Å². The zero-order valence-electron chi connectivity index (χ0n) is 24.8. The Kier molecular flexibility index (Phi) is 12.3. The summed E-state index contributed by atoms with van der Waals surface area (Å²) in [6.45, 7) is 8.36. The number of nitrogens with zero attached hydrogens (tertiary/aromatic N) is 1. The lowest BCUT2D eigenvalue weighted by Crippen LogP contribution is -2.52. The molecule has 0 aromatic heterocycles. The van der Waals surface area contributed by atoms with Gasteiger partial charge in [0.15, 0.2) is 6.29 Å². The van der Waals surface area contributed by atoms with Crippen LogP contribution in [0.5, 0.6) is 0 Å². The molecule has 2 aromatic rings. The third-order valence-electron chi connectivity index (χ3n) is 6.99. The molecule has 1 unspecified atom stereocenters. The summed E-state index contributed by atoms with van der Waals surface area (Å²) in [5.74, 6) is -2.52. The van der Waals surface area contributed by atoms with Gasteiger partial charge in [-0.1, -0.05) is 82.3 Å². The lowest BCUT2D eigenvalue weighted by atomic mass is 9.82. The number of benzene rings is 2. The van der Waals surface area contributed by atoms with Crippen LogP contribution in [0.15, 0.2) is 48.5 Å². The highest BCUT2D eigenvalue weighted by atomic mass is 32.2. The highest BCUT2D eigenvalue weighted by Crippen LogP contribution is 2.27. The molecule has 0 aliphatic carbocycles. The molecule has 1 aliphatic heterocycles. The van der Waals surface area contributed by atoms with E-state index in [9.17, 15) is 18.0 Å². The van der Waals surface area contributed by atoms with Crippen molar-refractivity contribution in [3.8, 4) is 0 Å². The summed E-state index contributed by atoms with van der Waals surface area (Å²) in [5.41, 5.74) is 6.15. The van der Waals surface area contributed by atoms with Gasteiger partial charge in [-0.2, -0.15) is 0 Å². The Morgan fingerprint density at radius 1 is 1.02 bits per heavy atom. The fourth-order valence-electron chi connectivity index (χ4n) is 4.96. The van der Waals surface area contributed by atoms with Gasteiger partial charge < -0.3 is 4.74 Å². The second-order valence-electron chi connectivity index (χ2n) is 11.6. The number of hydrogen-bond acceptors (Lipinski definition) is 6. The van der Waals surface area contributed by atoms with Crippen molar-refractivity contribution in [2.45, 2.75) is 66.1 Å². The number of hydrazine groups is 1. The first-order chi connectivity index (χ1) is 19.5. The molecule has 0 bridgehead atoms. The van der Waals surface area contributed by atoms with Crippen LogP contribution in [0.3, 0.4) is 0 Å². The predicted octanol–water partition coefficient (Wildman–Crippen LogP) is 5.04. The van der Waals surface area contributed by atoms with Gasteiger partial charge in [0.2, 0.25) is 21.8 Å². The normalized spacial score (nSPS) is 17.8. The molecular weight excluding hydrogens is 542 g/mol. The summed E-state index contributed by atoms with van der Waals surface area (Å²) in [6.07, 6.45) is 7.55. The van der Waals surface area contributed by atoms with Gasteiger partial charge in [0, 0.05) is 19.6 Å². The monoisotopic (exact) mass is 587 g/mol. The number of sulfonamides is 1. The zero-order chi connectivity index (χ0) is 30.0. The fraction of sp³-hybridized carbons (Fsp3) is 0.548. The number of nitrogens with one attached hydrogen (secondary N) is 2. The van der Waals surface area contributed by atoms with Crippen LogP contribution < -0.4 is 10.9 Å². The topological polar surface area (TPSA) is 114 Å². The van der Waals surface area contributed by atoms with Crippen LogP contribution in [-0.4, -0.2) is 50.3 Å². The minimum Gasteiger partial charge on any atom is -0.350 e. The molecule has 226 valence electrons. The van der Waals surface area contributed by atoms with E-state index in [2.05, 4.69) is 10.9 Å². The van der Waals surface area contributed by atoms with Crippen LogP contribution in [0, 0.1) is 23.7 Å². The van der Waals surface area contributed by atoms with E-state index in [-0.39, 0.29) is 24.8 Å². The van der Waals surface area contributed by atoms with E-state index < -0.39 is 40.0 Å². The van der Waals surface area contributed by atoms with Gasteiger partial charge >= 0.3 is 0 Å². The molecule has 2 N–H and O–H groups in total. The third kappa shape index (κ3) is 10.2. The van der Waals surface area contributed by atoms with E-state index in [0.29, 0.717) is 19.4 Å². The quantitative estimate of drug-likeness (QED) is 0.299. The Bertz CT molecular complexity index is 1280. The van der Waals surface area contributed by atoms with E-state index in [1.54, 1.807) is 0 Å². The van der Waals surface area contributed by atoms with Gasteiger partial charge in [0.1, 0.15) is 0 Å². The van der Waals surface area contributed by atoms with Crippen molar-refractivity contribution >= 4 is 38.7 Å². The van der Waals surface area contributed by atoms with Crippen LogP contribution in [-0.2, 0) is 29.2 Å². The minimum absolute atomic E-state index is 0.0137. The van der Waals surface area contributed by atoms with Crippen molar-refractivity contribution in [1.82, 2.24) is 15.3 Å². The summed E-state index contributed by atoms with van der Waals surface area (Å²) >= 11 is 0. The maximum atomic E-state index is 13.7.